The predicted octanol–water partition coefficient (Wildman–Crippen LogP) is 2.91. The van der Waals surface area contributed by atoms with Gasteiger partial charge in [-0.15, -0.1) is 0 Å². The Hall–Kier alpha value is -3.79. The predicted molar refractivity (Wildman–Crippen MR) is 130 cm³/mol. The van der Waals surface area contributed by atoms with Crippen LogP contribution in [0.4, 0.5) is 17.1 Å². The van der Waals surface area contributed by atoms with E-state index in [4.69, 9.17) is 4.74 Å². The number of fused-ring (bicyclic) bond motifs is 7. The van der Waals surface area contributed by atoms with E-state index in [1.54, 1.807) is 6.92 Å². The minimum atomic E-state index is -1.26. The third-order valence-electron chi connectivity index (χ3n) is 8.43. The van der Waals surface area contributed by atoms with Gasteiger partial charge in [0.15, 0.2) is 5.75 Å². The molecule has 3 fully saturated rings. The third kappa shape index (κ3) is 2.57. The van der Waals surface area contributed by atoms with Gasteiger partial charge in [-0.25, -0.2) is 4.90 Å². The maximum absolute atomic E-state index is 14.2. The van der Waals surface area contributed by atoms with Crippen LogP contribution >= 0.6 is 0 Å². The number of hydrogen-bond acceptors (Lipinski definition) is 7. The Kier molecular flexibility index (Phi) is 4.79. The van der Waals surface area contributed by atoms with Crippen LogP contribution in [0, 0.1) is 28.9 Å². The van der Waals surface area contributed by atoms with Crippen LogP contribution in [0.25, 0.3) is 0 Å². The van der Waals surface area contributed by atoms with Crippen molar-refractivity contribution in [2.45, 2.75) is 44.7 Å². The number of carbonyl (C=O) groups is 3. The summed E-state index contributed by atoms with van der Waals surface area (Å²) in [5, 5.41) is 14.5. The fourth-order valence-corrected chi connectivity index (χ4v) is 7.03. The molecule has 6 rings (SSSR count). The first-order valence-corrected chi connectivity index (χ1v) is 12.2. The second-order valence-electron chi connectivity index (χ2n) is 9.90. The lowest BCUT2D eigenvalue weighted by molar-refractivity contribution is -0.385. The van der Waals surface area contributed by atoms with Gasteiger partial charge in [-0.1, -0.05) is 25.1 Å². The number of methoxy groups -OCH3 is 1. The fourth-order valence-electron chi connectivity index (χ4n) is 7.03. The molecule has 3 saturated heterocycles. The molecular formula is C26H26N4O6. The monoisotopic (exact) mass is 490 g/mol. The van der Waals surface area contributed by atoms with Crippen molar-refractivity contribution in [1.29, 1.82) is 0 Å². The Bertz CT molecular complexity index is 1370. The molecule has 1 spiro atoms. The van der Waals surface area contributed by atoms with Crippen LogP contribution in [0.15, 0.2) is 30.3 Å². The summed E-state index contributed by atoms with van der Waals surface area (Å²) >= 11 is 0. The van der Waals surface area contributed by atoms with E-state index in [2.05, 4.69) is 10.2 Å². The van der Waals surface area contributed by atoms with Crippen LogP contribution in [0.5, 0.6) is 5.75 Å². The standard InChI is InChI=1S/C26H26N4O6/c1-4-14-7-5-8-15-22(14)27-25(33)26(15)21-20(16-9-6-10-28(16)26)23(31)29(24(21)32)17-12-19(36-3)18(30(34)35)11-13(17)2/h5,7-8,11-12,16,20-21H,4,6,9-10H2,1-3H3,(H,27,33)/t16-,20+,21-,26-/m0/s1. The quantitative estimate of drug-likeness (QED) is 0.397. The number of nitrogens with zero attached hydrogens (tertiary/aromatic N) is 3. The summed E-state index contributed by atoms with van der Waals surface area (Å²) in [7, 11) is 1.31. The second-order valence-corrected chi connectivity index (χ2v) is 9.90. The number of imide groups is 1. The summed E-state index contributed by atoms with van der Waals surface area (Å²) < 4.78 is 5.21. The Morgan fingerprint density at radius 3 is 2.69 bits per heavy atom. The highest BCUT2D eigenvalue weighted by Crippen LogP contribution is 2.61. The molecule has 2 aromatic carbocycles. The van der Waals surface area contributed by atoms with Crippen molar-refractivity contribution in [3.05, 3.63) is 57.1 Å². The third-order valence-corrected chi connectivity index (χ3v) is 8.43. The largest absolute Gasteiger partial charge is 0.490 e. The number of para-hydroxylation sites is 1. The van der Waals surface area contributed by atoms with Gasteiger partial charge >= 0.3 is 5.69 Å². The minimum Gasteiger partial charge on any atom is -0.490 e. The van der Waals surface area contributed by atoms with Gasteiger partial charge in [0.05, 0.1) is 29.6 Å². The van der Waals surface area contributed by atoms with Crippen LogP contribution < -0.4 is 15.0 Å². The van der Waals surface area contributed by atoms with E-state index in [1.807, 2.05) is 25.1 Å². The van der Waals surface area contributed by atoms with Crippen molar-refractivity contribution in [3.63, 3.8) is 0 Å². The van der Waals surface area contributed by atoms with Gasteiger partial charge in [-0.2, -0.15) is 0 Å². The molecule has 0 saturated carbocycles. The molecule has 2 aromatic rings. The smallest absolute Gasteiger partial charge is 0.311 e. The molecule has 0 bridgehead atoms. The molecule has 4 aliphatic heterocycles. The van der Waals surface area contributed by atoms with Gasteiger partial charge in [-0.3, -0.25) is 29.4 Å². The number of nitro groups is 1. The second kappa shape index (κ2) is 7.60. The average Bonchev–Trinajstić information content (AvgIpc) is 3.57. The number of hydrogen-bond donors (Lipinski definition) is 1. The number of nitro benzene ring substituents is 1. The van der Waals surface area contributed by atoms with Crippen molar-refractivity contribution in [1.82, 2.24) is 4.90 Å². The highest BCUT2D eigenvalue weighted by Gasteiger charge is 2.74. The number of anilines is 2. The number of carbonyl (C=O) groups excluding carboxylic acids is 3. The SMILES string of the molecule is CCc1cccc2c1NC(=O)[C@@]21[C@@H]2C(=O)N(c3cc(OC)c([N+](=O)[O-])cc3C)C(=O)[C@@H]2[C@@H]2CCCN21. The summed E-state index contributed by atoms with van der Waals surface area (Å²) in [5.74, 6) is -2.69. The number of amides is 3. The lowest BCUT2D eigenvalue weighted by atomic mass is 9.75. The van der Waals surface area contributed by atoms with E-state index in [0.717, 1.165) is 34.6 Å². The van der Waals surface area contributed by atoms with E-state index in [0.29, 0.717) is 18.5 Å². The average molecular weight is 491 g/mol. The van der Waals surface area contributed by atoms with E-state index in [1.165, 1.54) is 19.2 Å². The number of ether oxygens (including phenoxy) is 1. The topological polar surface area (TPSA) is 122 Å². The molecule has 10 nitrogen and oxygen atoms in total. The highest BCUT2D eigenvalue weighted by molar-refractivity contribution is 6.26. The summed E-state index contributed by atoms with van der Waals surface area (Å²) in [6.45, 7) is 4.27. The molecule has 4 atom stereocenters. The zero-order valence-electron chi connectivity index (χ0n) is 20.2. The van der Waals surface area contributed by atoms with Crippen molar-refractivity contribution < 1.29 is 24.0 Å². The molecule has 0 radical (unpaired) electrons. The molecule has 0 aromatic heterocycles. The summed E-state index contributed by atoms with van der Waals surface area (Å²) in [4.78, 5) is 56.2. The van der Waals surface area contributed by atoms with Gasteiger partial charge in [0.1, 0.15) is 5.54 Å². The Labute approximate surface area is 207 Å². The summed E-state index contributed by atoms with van der Waals surface area (Å²) in [6, 6.07) is 8.21. The number of nitrogens with one attached hydrogen (secondary N) is 1. The van der Waals surface area contributed by atoms with E-state index in [9.17, 15) is 24.5 Å². The van der Waals surface area contributed by atoms with E-state index >= 15 is 0 Å². The number of aryl methyl sites for hydroxylation is 2. The molecule has 1 N–H and O–H groups in total. The molecule has 0 aliphatic carbocycles. The van der Waals surface area contributed by atoms with Crippen molar-refractivity contribution in [2.24, 2.45) is 11.8 Å². The fraction of sp³-hybridized carbons (Fsp3) is 0.423. The molecule has 4 heterocycles. The molecule has 0 unspecified atom stereocenters. The van der Waals surface area contributed by atoms with Crippen molar-refractivity contribution in [3.8, 4) is 5.75 Å². The number of rotatable bonds is 4. The van der Waals surface area contributed by atoms with Gasteiger partial charge < -0.3 is 10.1 Å². The zero-order valence-corrected chi connectivity index (χ0v) is 20.2. The van der Waals surface area contributed by atoms with Crippen LogP contribution in [0.3, 0.4) is 0 Å². The zero-order chi connectivity index (χ0) is 25.5. The van der Waals surface area contributed by atoms with E-state index in [-0.39, 0.29) is 35.0 Å². The maximum atomic E-state index is 14.2. The minimum absolute atomic E-state index is 0.0352. The van der Waals surface area contributed by atoms with E-state index < -0.39 is 28.2 Å². The summed E-state index contributed by atoms with van der Waals surface area (Å²) in [6.07, 6.45) is 2.27. The molecule has 3 amide bonds. The Balaban J connectivity index is 1.54. The van der Waals surface area contributed by atoms with Crippen LogP contribution in [-0.2, 0) is 26.3 Å². The first-order valence-electron chi connectivity index (χ1n) is 12.2. The van der Waals surface area contributed by atoms with Crippen molar-refractivity contribution >= 4 is 34.8 Å². The van der Waals surface area contributed by atoms with Crippen LogP contribution in [0.1, 0.15) is 36.5 Å². The first-order chi connectivity index (χ1) is 17.3. The van der Waals surface area contributed by atoms with Gasteiger partial charge in [0.25, 0.3) is 0 Å². The Morgan fingerprint density at radius 2 is 2.00 bits per heavy atom. The van der Waals surface area contributed by atoms with Gasteiger partial charge in [-0.05, 0) is 43.9 Å². The molecule has 186 valence electrons. The van der Waals surface area contributed by atoms with Crippen LogP contribution in [0.2, 0.25) is 0 Å². The van der Waals surface area contributed by atoms with Crippen LogP contribution in [-0.4, -0.2) is 47.2 Å². The normalized spacial score (nSPS) is 28.5. The molecule has 36 heavy (non-hydrogen) atoms. The molecule has 4 aliphatic rings. The van der Waals surface area contributed by atoms with Gasteiger partial charge in [0, 0.05) is 29.4 Å². The molecular weight excluding hydrogens is 464 g/mol. The summed E-state index contributed by atoms with van der Waals surface area (Å²) in [5.41, 5.74) is 1.64. The highest BCUT2D eigenvalue weighted by atomic mass is 16.6. The lowest BCUT2D eigenvalue weighted by Gasteiger charge is -2.36. The van der Waals surface area contributed by atoms with Crippen molar-refractivity contribution in [2.75, 3.05) is 23.9 Å². The molecule has 10 heteroatoms. The maximum Gasteiger partial charge on any atom is 0.311 e. The lowest BCUT2D eigenvalue weighted by Crippen LogP contribution is -2.54. The number of benzene rings is 2. The first kappa shape index (κ1) is 22.7. The Morgan fingerprint density at radius 1 is 1.22 bits per heavy atom. The van der Waals surface area contributed by atoms with Gasteiger partial charge in [0.2, 0.25) is 17.7 Å².